The molecule has 156 valence electrons. The summed E-state index contributed by atoms with van der Waals surface area (Å²) in [6, 6.07) is 3.35. The summed E-state index contributed by atoms with van der Waals surface area (Å²) < 4.78 is 39.6. The van der Waals surface area contributed by atoms with Crippen LogP contribution < -0.4 is 4.74 Å². The van der Waals surface area contributed by atoms with Crippen LogP contribution >= 0.6 is 0 Å². The van der Waals surface area contributed by atoms with E-state index < -0.39 is 11.6 Å². The van der Waals surface area contributed by atoms with E-state index in [1.165, 1.54) is 18.4 Å². The first-order chi connectivity index (χ1) is 13.6. The molecule has 0 saturated heterocycles. The molecule has 0 N–H and O–H groups in total. The van der Waals surface area contributed by atoms with Crippen molar-refractivity contribution in [3.63, 3.8) is 0 Å². The third kappa shape index (κ3) is 5.07. The van der Waals surface area contributed by atoms with Crippen molar-refractivity contribution in [1.29, 1.82) is 0 Å². The Morgan fingerprint density at radius 2 is 1.64 bits per heavy atom. The highest BCUT2D eigenvalue weighted by Gasteiger charge is 2.31. The van der Waals surface area contributed by atoms with Crippen LogP contribution in [0.5, 0.6) is 5.75 Å². The average Bonchev–Trinajstić information content (AvgIpc) is 2.72. The maximum absolute atomic E-state index is 14.7. The SMILES string of the molecule is CCCCOc1ccc(C2CCC(C3CCC(=COC)CC3)CC2)c(F)c1F. The molecule has 0 heterocycles. The molecule has 2 aliphatic carbocycles. The molecule has 2 saturated carbocycles. The zero-order chi connectivity index (χ0) is 19.9. The number of unbranched alkanes of at least 4 members (excludes halogenated alkanes) is 1. The highest BCUT2D eigenvalue weighted by Crippen LogP contribution is 2.44. The summed E-state index contributed by atoms with van der Waals surface area (Å²) >= 11 is 0. The summed E-state index contributed by atoms with van der Waals surface area (Å²) in [6.07, 6.45) is 12.6. The molecular weight excluding hydrogens is 358 g/mol. The minimum absolute atomic E-state index is 0.0468. The molecule has 2 fully saturated rings. The fraction of sp³-hybridized carbons (Fsp3) is 0.667. The fourth-order valence-corrected chi connectivity index (χ4v) is 4.97. The van der Waals surface area contributed by atoms with Gasteiger partial charge in [0.2, 0.25) is 5.82 Å². The second-order valence-electron chi connectivity index (χ2n) is 8.44. The van der Waals surface area contributed by atoms with Gasteiger partial charge in [-0.15, -0.1) is 0 Å². The molecule has 0 spiro atoms. The smallest absolute Gasteiger partial charge is 0.200 e. The molecule has 0 unspecified atom stereocenters. The minimum Gasteiger partial charge on any atom is -0.504 e. The molecule has 1 aromatic carbocycles. The number of halogens is 2. The maximum atomic E-state index is 14.7. The molecular formula is C24H34F2O2. The van der Waals surface area contributed by atoms with Gasteiger partial charge in [-0.2, -0.15) is 4.39 Å². The molecule has 4 heteroatoms. The number of methoxy groups -OCH3 is 1. The predicted octanol–water partition coefficient (Wildman–Crippen LogP) is 7.14. The van der Waals surface area contributed by atoms with Gasteiger partial charge in [0.05, 0.1) is 20.0 Å². The first-order valence-corrected chi connectivity index (χ1v) is 10.9. The van der Waals surface area contributed by atoms with Crippen molar-refractivity contribution in [3.8, 4) is 5.75 Å². The monoisotopic (exact) mass is 392 g/mol. The Morgan fingerprint density at radius 3 is 2.29 bits per heavy atom. The normalized spacial score (nSPS) is 25.4. The van der Waals surface area contributed by atoms with Gasteiger partial charge in [0.1, 0.15) is 0 Å². The van der Waals surface area contributed by atoms with Gasteiger partial charge in [-0.05, 0) is 92.7 Å². The van der Waals surface area contributed by atoms with Gasteiger partial charge in [0.15, 0.2) is 11.6 Å². The summed E-state index contributed by atoms with van der Waals surface area (Å²) in [7, 11) is 1.71. The van der Waals surface area contributed by atoms with Crippen molar-refractivity contribution in [2.45, 2.75) is 77.0 Å². The Balaban J connectivity index is 1.55. The van der Waals surface area contributed by atoms with Crippen LogP contribution in [0.15, 0.2) is 24.0 Å². The molecule has 0 radical (unpaired) electrons. The van der Waals surface area contributed by atoms with Gasteiger partial charge < -0.3 is 9.47 Å². The van der Waals surface area contributed by atoms with E-state index in [1.54, 1.807) is 19.2 Å². The summed E-state index contributed by atoms with van der Waals surface area (Å²) in [4.78, 5) is 0. The van der Waals surface area contributed by atoms with E-state index >= 15 is 0 Å². The van der Waals surface area contributed by atoms with Gasteiger partial charge in [-0.25, -0.2) is 4.39 Å². The number of ether oxygens (including phenoxy) is 2. The van der Waals surface area contributed by atoms with E-state index in [0.29, 0.717) is 12.2 Å². The lowest BCUT2D eigenvalue weighted by Gasteiger charge is -2.36. The Kier molecular flexibility index (Phi) is 7.75. The van der Waals surface area contributed by atoms with Crippen molar-refractivity contribution in [2.75, 3.05) is 13.7 Å². The fourth-order valence-electron chi connectivity index (χ4n) is 4.97. The molecule has 28 heavy (non-hydrogen) atoms. The lowest BCUT2D eigenvalue weighted by atomic mass is 9.69. The van der Waals surface area contributed by atoms with Crippen LogP contribution in [0.4, 0.5) is 8.78 Å². The van der Waals surface area contributed by atoms with Gasteiger partial charge in [-0.1, -0.05) is 19.4 Å². The third-order valence-electron chi connectivity index (χ3n) is 6.67. The van der Waals surface area contributed by atoms with Gasteiger partial charge in [-0.3, -0.25) is 0 Å². The Bertz CT molecular complexity index is 653. The zero-order valence-electron chi connectivity index (χ0n) is 17.3. The van der Waals surface area contributed by atoms with Crippen molar-refractivity contribution in [2.24, 2.45) is 11.8 Å². The Morgan fingerprint density at radius 1 is 0.964 bits per heavy atom. The number of hydrogen-bond acceptors (Lipinski definition) is 2. The van der Waals surface area contributed by atoms with Gasteiger partial charge >= 0.3 is 0 Å². The third-order valence-corrected chi connectivity index (χ3v) is 6.67. The van der Waals surface area contributed by atoms with Crippen molar-refractivity contribution in [1.82, 2.24) is 0 Å². The summed E-state index contributed by atoms with van der Waals surface area (Å²) in [5.41, 5.74) is 1.96. The number of rotatable bonds is 7. The first-order valence-electron chi connectivity index (χ1n) is 10.9. The molecule has 0 amide bonds. The number of allylic oxidation sites excluding steroid dienone is 1. The standard InChI is InChI=1S/C24H34F2O2/c1-3-4-15-28-22-14-13-21(23(25)24(22)26)20-11-9-19(10-12-20)18-7-5-17(6-8-18)16-27-2/h13-14,16,18-20H,3-12,15H2,1-2H3. The number of benzene rings is 1. The molecule has 0 bridgehead atoms. The van der Waals surface area contributed by atoms with Crippen molar-refractivity contribution in [3.05, 3.63) is 41.2 Å². The predicted molar refractivity (Wildman–Crippen MR) is 109 cm³/mol. The highest BCUT2D eigenvalue weighted by atomic mass is 19.2. The maximum Gasteiger partial charge on any atom is 0.200 e. The van der Waals surface area contributed by atoms with E-state index in [1.807, 2.05) is 13.2 Å². The number of hydrogen-bond donors (Lipinski definition) is 0. The molecule has 0 aliphatic heterocycles. The van der Waals surface area contributed by atoms with Crippen LogP contribution in [0.1, 0.15) is 82.6 Å². The topological polar surface area (TPSA) is 18.5 Å². The molecule has 2 aliphatic rings. The van der Waals surface area contributed by atoms with Crippen LogP contribution in [0, 0.1) is 23.5 Å². The van der Waals surface area contributed by atoms with E-state index in [4.69, 9.17) is 9.47 Å². The van der Waals surface area contributed by atoms with E-state index in [-0.39, 0.29) is 11.7 Å². The average molecular weight is 393 g/mol. The van der Waals surface area contributed by atoms with Crippen LogP contribution in [0.25, 0.3) is 0 Å². The van der Waals surface area contributed by atoms with Gasteiger partial charge in [0.25, 0.3) is 0 Å². The molecule has 2 nitrogen and oxygen atoms in total. The van der Waals surface area contributed by atoms with Crippen LogP contribution in [0.2, 0.25) is 0 Å². The van der Waals surface area contributed by atoms with Crippen LogP contribution in [-0.4, -0.2) is 13.7 Å². The molecule has 0 atom stereocenters. The lowest BCUT2D eigenvalue weighted by molar-refractivity contribution is 0.196. The van der Waals surface area contributed by atoms with Crippen molar-refractivity contribution >= 4 is 0 Å². The zero-order valence-corrected chi connectivity index (χ0v) is 17.3. The summed E-state index contributed by atoms with van der Waals surface area (Å²) in [5.74, 6) is 0.147. The summed E-state index contributed by atoms with van der Waals surface area (Å²) in [5, 5.41) is 0. The minimum atomic E-state index is -0.819. The first kappa shape index (κ1) is 21.1. The molecule has 1 aromatic rings. The Labute approximate surface area is 168 Å². The lowest BCUT2D eigenvalue weighted by Crippen LogP contribution is -2.24. The second-order valence-corrected chi connectivity index (χ2v) is 8.44. The quantitative estimate of drug-likeness (QED) is 0.363. The van der Waals surface area contributed by atoms with Gasteiger partial charge in [0, 0.05) is 0 Å². The highest BCUT2D eigenvalue weighted by molar-refractivity contribution is 5.33. The van der Waals surface area contributed by atoms with E-state index in [0.717, 1.165) is 63.2 Å². The largest absolute Gasteiger partial charge is 0.504 e. The van der Waals surface area contributed by atoms with Crippen LogP contribution in [0.3, 0.4) is 0 Å². The van der Waals surface area contributed by atoms with E-state index in [9.17, 15) is 8.78 Å². The second kappa shape index (κ2) is 10.3. The molecule has 3 rings (SSSR count). The Hall–Kier alpha value is -1.58. The molecule has 0 aromatic heterocycles. The summed E-state index contributed by atoms with van der Waals surface area (Å²) in [6.45, 7) is 2.47. The van der Waals surface area contributed by atoms with Crippen molar-refractivity contribution < 1.29 is 18.3 Å². The van der Waals surface area contributed by atoms with Crippen LogP contribution in [-0.2, 0) is 4.74 Å². The van der Waals surface area contributed by atoms with E-state index in [2.05, 4.69) is 0 Å².